The number of ether oxygens (including phenoxy) is 1. The molecule has 0 radical (unpaired) electrons. The molecule has 0 bridgehead atoms. The van der Waals surface area contributed by atoms with Gasteiger partial charge in [-0.1, -0.05) is 87.4 Å². The van der Waals surface area contributed by atoms with Gasteiger partial charge in [0.2, 0.25) is 0 Å². The van der Waals surface area contributed by atoms with Crippen molar-refractivity contribution in [1.82, 2.24) is 4.98 Å². The molecule has 0 aliphatic heterocycles. The molecule has 0 amide bonds. The first kappa shape index (κ1) is 39.3. The molecule has 0 fully saturated rings. The highest BCUT2D eigenvalue weighted by atomic mass is 16.5. The van der Waals surface area contributed by atoms with Crippen LogP contribution in [0.25, 0.3) is 0 Å². The number of carbonyl (C=O) groups is 1. The Morgan fingerprint density at radius 2 is 1.71 bits per heavy atom. The van der Waals surface area contributed by atoms with E-state index in [1.165, 1.54) is 42.4 Å². The Morgan fingerprint density at radius 1 is 1.00 bits per heavy atom. The standard InChI is InChI=1S/C17H20O.C15H24O.C7H10N2.CH4O/c18-13-6-5-8-15-9-7-12-16-10-3-1-2-4-11-17(16)14-15;1-4-7-14(8-5-2)12-16-15-10-6-9-13(3)11-15;1-6-3-4-7(8-2)5-9-6;1-2/h1-4,7,9,12-15H,5-6,8,10-11H2;6,9-11,14H,4-5,7-8,12H2,1-3H3;3-5,8H,1-2H3;2H,1H3/b3-1-,4-2?;;;. The number of anilines is 1. The molecule has 246 valence electrons. The van der Waals surface area contributed by atoms with E-state index in [0.717, 1.165) is 68.7 Å². The van der Waals surface area contributed by atoms with Gasteiger partial charge in [0.05, 0.1) is 18.5 Å². The Balaban J connectivity index is 0.000000344. The van der Waals surface area contributed by atoms with Gasteiger partial charge in [-0.2, -0.15) is 0 Å². The van der Waals surface area contributed by atoms with Gasteiger partial charge in [-0.3, -0.25) is 4.98 Å². The van der Waals surface area contributed by atoms with E-state index in [2.05, 4.69) is 97.9 Å². The Morgan fingerprint density at radius 3 is 2.31 bits per heavy atom. The fourth-order valence-corrected chi connectivity index (χ4v) is 5.07. The first-order valence-corrected chi connectivity index (χ1v) is 16.6. The largest absolute Gasteiger partial charge is 0.493 e. The van der Waals surface area contributed by atoms with E-state index >= 15 is 0 Å². The monoisotopic (exact) mass is 614 g/mol. The van der Waals surface area contributed by atoms with Crippen molar-refractivity contribution in [2.75, 3.05) is 26.1 Å². The molecule has 0 spiro atoms. The zero-order chi connectivity index (χ0) is 33.1. The minimum Gasteiger partial charge on any atom is -0.493 e. The lowest BCUT2D eigenvalue weighted by atomic mass is 9.93. The summed E-state index contributed by atoms with van der Waals surface area (Å²) in [6.07, 6.45) is 30.3. The quantitative estimate of drug-likeness (QED) is 0.184. The summed E-state index contributed by atoms with van der Waals surface area (Å²) in [5.74, 6) is 2.21. The number of pyridine rings is 1. The number of aliphatic hydroxyl groups excluding tert-OH is 1. The lowest BCUT2D eigenvalue weighted by Crippen LogP contribution is -2.11. The number of fused-ring (bicyclic) bond motifs is 1. The van der Waals surface area contributed by atoms with Crippen LogP contribution in [0.5, 0.6) is 5.75 Å². The molecule has 2 aliphatic carbocycles. The number of aryl methyl sites for hydroxylation is 2. The van der Waals surface area contributed by atoms with Crippen LogP contribution in [0.2, 0.25) is 0 Å². The third-order valence-electron chi connectivity index (χ3n) is 7.47. The molecule has 5 nitrogen and oxygen atoms in total. The lowest BCUT2D eigenvalue weighted by molar-refractivity contribution is -0.107. The van der Waals surface area contributed by atoms with Crippen LogP contribution in [-0.4, -0.2) is 37.1 Å². The number of aldehydes is 1. The Hall–Kier alpha value is -3.70. The van der Waals surface area contributed by atoms with Crippen LogP contribution in [0.3, 0.4) is 0 Å². The van der Waals surface area contributed by atoms with Crippen LogP contribution in [-0.2, 0) is 4.79 Å². The first-order chi connectivity index (χ1) is 22.0. The number of unbranched alkanes of at least 4 members (excludes halogenated alkanes) is 1. The van der Waals surface area contributed by atoms with E-state index < -0.39 is 0 Å². The van der Waals surface area contributed by atoms with E-state index in [1.54, 1.807) is 0 Å². The number of nitrogens with one attached hydrogen (secondary N) is 1. The summed E-state index contributed by atoms with van der Waals surface area (Å²) >= 11 is 0. The highest BCUT2D eigenvalue weighted by Gasteiger charge is 2.10. The molecular formula is C40H58N2O3. The van der Waals surface area contributed by atoms with E-state index in [1.807, 2.05) is 38.4 Å². The Bertz CT molecular complexity index is 1200. The number of allylic oxidation sites excluding steroid dienone is 10. The second-order valence-corrected chi connectivity index (χ2v) is 11.3. The minimum absolute atomic E-state index is 0.477. The maximum Gasteiger partial charge on any atom is 0.119 e. The fourth-order valence-electron chi connectivity index (χ4n) is 5.07. The van der Waals surface area contributed by atoms with Gasteiger partial charge in [-0.15, -0.1) is 0 Å². The van der Waals surface area contributed by atoms with Crippen molar-refractivity contribution < 1.29 is 14.6 Å². The number of hydrogen-bond acceptors (Lipinski definition) is 5. The maximum absolute atomic E-state index is 10.4. The van der Waals surface area contributed by atoms with Crippen LogP contribution < -0.4 is 10.1 Å². The van der Waals surface area contributed by atoms with Crippen molar-refractivity contribution in [1.29, 1.82) is 0 Å². The normalized spacial score (nSPS) is 15.4. The Labute approximate surface area is 273 Å². The van der Waals surface area contributed by atoms with Gasteiger partial charge in [-0.25, -0.2) is 0 Å². The molecule has 2 N–H and O–H groups in total. The first-order valence-electron chi connectivity index (χ1n) is 16.6. The summed E-state index contributed by atoms with van der Waals surface area (Å²) in [7, 11) is 2.88. The number of rotatable bonds is 12. The van der Waals surface area contributed by atoms with Crippen LogP contribution in [0.15, 0.2) is 102 Å². The van der Waals surface area contributed by atoms with Crippen molar-refractivity contribution in [2.24, 2.45) is 11.8 Å². The smallest absolute Gasteiger partial charge is 0.119 e. The van der Waals surface area contributed by atoms with Crippen molar-refractivity contribution in [2.45, 2.75) is 85.5 Å². The summed E-state index contributed by atoms with van der Waals surface area (Å²) in [5, 5.41) is 9.99. The average molecular weight is 615 g/mol. The fraction of sp³-hybridized carbons (Fsp3) is 0.450. The topological polar surface area (TPSA) is 71.4 Å². The second kappa shape index (κ2) is 25.6. The predicted octanol–water partition coefficient (Wildman–Crippen LogP) is 9.93. The lowest BCUT2D eigenvalue weighted by Gasteiger charge is -2.16. The predicted molar refractivity (Wildman–Crippen MR) is 193 cm³/mol. The summed E-state index contributed by atoms with van der Waals surface area (Å²) in [6.45, 7) is 9.43. The van der Waals surface area contributed by atoms with Gasteiger partial charge in [0.1, 0.15) is 12.0 Å². The minimum atomic E-state index is 0.477. The molecule has 5 heteroatoms. The number of aliphatic hydroxyl groups is 1. The average Bonchev–Trinajstić information content (AvgIpc) is 3.23. The third-order valence-corrected chi connectivity index (χ3v) is 7.47. The molecule has 2 aliphatic rings. The molecule has 1 aromatic heterocycles. The molecular weight excluding hydrogens is 556 g/mol. The van der Waals surface area contributed by atoms with E-state index in [9.17, 15) is 4.79 Å². The van der Waals surface area contributed by atoms with Gasteiger partial charge in [0.15, 0.2) is 0 Å². The number of hydrogen-bond donors (Lipinski definition) is 2. The van der Waals surface area contributed by atoms with Gasteiger partial charge in [0.25, 0.3) is 0 Å². The number of carbonyl (C=O) groups excluding carboxylic acids is 1. The molecule has 0 saturated heterocycles. The molecule has 1 atom stereocenters. The van der Waals surface area contributed by atoms with Crippen LogP contribution in [0.4, 0.5) is 5.69 Å². The van der Waals surface area contributed by atoms with Gasteiger partial charge < -0.3 is 20.0 Å². The molecule has 45 heavy (non-hydrogen) atoms. The van der Waals surface area contributed by atoms with Crippen LogP contribution in [0, 0.1) is 25.7 Å². The Kier molecular flexibility index (Phi) is 22.4. The summed E-state index contributed by atoms with van der Waals surface area (Å²) in [4.78, 5) is 14.5. The molecule has 2 aromatic rings. The van der Waals surface area contributed by atoms with Crippen LogP contribution in [0.1, 0.15) is 82.9 Å². The highest BCUT2D eigenvalue weighted by Crippen LogP contribution is 2.27. The number of nitrogens with zero attached hydrogens (tertiary/aromatic N) is 1. The van der Waals surface area contributed by atoms with Crippen LogP contribution >= 0.6 is 0 Å². The van der Waals surface area contributed by atoms with E-state index in [-0.39, 0.29) is 0 Å². The highest BCUT2D eigenvalue weighted by molar-refractivity contribution is 5.49. The second-order valence-electron chi connectivity index (χ2n) is 11.3. The molecule has 0 saturated carbocycles. The molecule has 1 heterocycles. The van der Waals surface area contributed by atoms with E-state index in [4.69, 9.17) is 9.84 Å². The van der Waals surface area contributed by atoms with Gasteiger partial charge >= 0.3 is 0 Å². The molecule has 4 rings (SSSR count). The zero-order valence-electron chi connectivity index (χ0n) is 28.7. The SMILES string of the molecule is CCCC(CCC)COc1cccc(C)c1.CNc1ccc(C)nc1.CO.O=CCCCC1C=CC=C2C/C=C\C=CCC2=C1. The van der Waals surface area contributed by atoms with E-state index in [0.29, 0.717) is 12.3 Å². The van der Waals surface area contributed by atoms with Crippen molar-refractivity contribution >= 4 is 12.0 Å². The van der Waals surface area contributed by atoms with Crippen molar-refractivity contribution in [3.63, 3.8) is 0 Å². The zero-order valence-corrected chi connectivity index (χ0v) is 28.7. The maximum atomic E-state index is 10.4. The molecule has 1 aromatic carbocycles. The van der Waals surface area contributed by atoms with Gasteiger partial charge in [0, 0.05) is 26.3 Å². The van der Waals surface area contributed by atoms with Gasteiger partial charge in [-0.05, 0) is 105 Å². The summed E-state index contributed by atoms with van der Waals surface area (Å²) in [5.41, 5.74) is 6.23. The molecule has 1 unspecified atom stereocenters. The number of aromatic nitrogens is 1. The summed E-state index contributed by atoms with van der Waals surface area (Å²) < 4.78 is 5.85. The van der Waals surface area contributed by atoms with Crippen molar-refractivity contribution in [3.8, 4) is 5.75 Å². The third kappa shape index (κ3) is 18.0. The van der Waals surface area contributed by atoms with Crippen molar-refractivity contribution in [3.05, 3.63) is 114 Å². The summed E-state index contributed by atoms with van der Waals surface area (Å²) in [6, 6.07) is 12.3. The number of benzene rings is 1.